The third-order valence-electron chi connectivity index (χ3n) is 3.64. The van der Waals surface area contributed by atoms with E-state index in [1.54, 1.807) is 0 Å². The van der Waals surface area contributed by atoms with Crippen molar-refractivity contribution in [3.05, 3.63) is 29.6 Å². The molecule has 0 aromatic carbocycles. The van der Waals surface area contributed by atoms with Crippen LogP contribution in [-0.4, -0.2) is 28.1 Å². The molecule has 0 bridgehead atoms. The number of amides is 2. The van der Waals surface area contributed by atoms with Gasteiger partial charge in [0, 0.05) is 12.2 Å². The van der Waals surface area contributed by atoms with Crippen molar-refractivity contribution in [1.82, 2.24) is 15.6 Å². The third kappa shape index (κ3) is 5.06. The van der Waals surface area contributed by atoms with E-state index in [4.69, 9.17) is 5.11 Å². The summed E-state index contributed by atoms with van der Waals surface area (Å²) in [5.41, 5.74) is 0.697. The van der Waals surface area contributed by atoms with Crippen LogP contribution in [0.4, 0.5) is 4.79 Å². The highest BCUT2D eigenvalue weighted by atomic mass is 16.4. The molecule has 2 amide bonds. The van der Waals surface area contributed by atoms with Crippen molar-refractivity contribution in [2.24, 2.45) is 5.92 Å². The van der Waals surface area contributed by atoms with E-state index >= 15 is 0 Å². The second-order valence-electron chi connectivity index (χ2n) is 5.45. The molecule has 1 heterocycles. The number of nitrogens with one attached hydrogen (secondary N) is 2. The van der Waals surface area contributed by atoms with Gasteiger partial charge in [0.05, 0.1) is 17.8 Å². The monoisotopic (exact) mass is 291 g/mol. The van der Waals surface area contributed by atoms with Crippen LogP contribution in [0.2, 0.25) is 0 Å². The zero-order valence-electron chi connectivity index (χ0n) is 12.1. The molecule has 1 fully saturated rings. The van der Waals surface area contributed by atoms with Crippen LogP contribution in [0.25, 0.3) is 0 Å². The lowest BCUT2D eigenvalue weighted by Gasteiger charge is -2.17. The van der Waals surface area contributed by atoms with Gasteiger partial charge in [-0.25, -0.2) is 9.59 Å². The minimum atomic E-state index is -1.00. The van der Waals surface area contributed by atoms with Gasteiger partial charge in [0.1, 0.15) is 0 Å². The van der Waals surface area contributed by atoms with Crippen molar-refractivity contribution in [2.45, 2.75) is 45.2 Å². The van der Waals surface area contributed by atoms with Gasteiger partial charge in [-0.15, -0.1) is 0 Å². The van der Waals surface area contributed by atoms with E-state index in [1.807, 2.05) is 0 Å². The van der Waals surface area contributed by atoms with E-state index < -0.39 is 5.97 Å². The van der Waals surface area contributed by atoms with Gasteiger partial charge in [0.15, 0.2) is 0 Å². The SMILES string of the molecule is CCC(CC1CC1)NC(=O)NCc1cc(C(=O)O)ccn1. The number of hydrogen-bond donors (Lipinski definition) is 3. The highest BCUT2D eigenvalue weighted by Crippen LogP contribution is 2.33. The number of carboxylic acid groups (broad SMARTS) is 1. The molecule has 1 aromatic heterocycles. The fourth-order valence-electron chi connectivity index (χ4n) is 2.20. The fourth-order valence-corrected chi connectivity index (χ4v) is 2.20. The Morgan fingerprint density at radius 3 is 2.86 bits per heavy atom. The molecule has 0 radical (unpaired) electrons. The third-order valence-corrected chi connectivity index (χ3v) is 3.64. The molecule has 114 valence electrons. The molecule has 21 heavy (non-hydrogen) atoms. The summed E-state index contributed by atoms with van der Waals surface area (Å²) >= 11 is 0. The maximum Gasteiger partial charge on any atom is 0.335 e. The summed E-state index contributed by atoms with van der Waals surface area (Å²) in [7, 11) is 0. The van der Waals surface area contributed by atoms with Crippen LogP contribution >= 0.6 is 0 Å². The lowest BCUT2D eigenvalue weighted by Crippen LogP contribution is -2.41. The number of carbonyl (C=O) groups is 2. The topological polar surface area (TPSA) is 91.3 Å². The normalized spacial score (nSPS) is 15.3. The average molecular weight is 291 g/mol. The first-order valence-corrected chi connectivity index (χ1v) is 7.31. The molecule has 1 atom stereocenters. The number of hydrogen-bond acceptors (Lipinski definition) is 3. The first-order chi connectivity index (χ1) is 10.1. The number of urea groups is 1. The van der Waals surface area contributed by atoms with Crippen LogP contribution in [0.3, 0.4) is 0 Å². The largest absolute Gasteiger partial charge is 0.478 e. The molecule has 1 saturated carbocycles. The number of aromatic carboxylic acids is 1. The van der Waals surface area contributed by atoms with E-state index in [2.05, 4.69) is 22.5 Å². The number of aromatic nitrogens is 1. The Morgan fingerprint density at radius 1 is 1.48 bits per heavy atom. The van der Waals surface area contributed by atoms with Crippen LogP contribution in [0.15, 0.2) is 18.3 Å². The Bertz CT molecular complexity index is 515. The maximum absolute atomic E-state index is 11.8. The van der Waals surface area contributed by atoms with E-state index in [0.717, 1.165) is 18.8 Å². The van der Waals surface area contributed by atoms with Crippen molar-refractivity contribution in [3.8, 4) is 0 Å². The highest BCUT2D eigenvalue weighted by Gasteiger charge is 2.25. The van der Waals surface area contributed by atoms with Crippen molar-refractivity contribution >= 4 is 12.0 Å². The number of carbonyl (C=O) groups excluding carboxylic acids is 1. The second-order valence-corrected chi connectivity index (χ2v) is 5.45. The number of nitrogens with zero attached hydrogens (tertiary/aromatic N) is 1. The van der Waals surface area contributed by atoms with E-state index in [1.165, 1.54) is 31.2 Å². The number of carboxylic acids is 1. The van der Waals surface area contributed by atoms with Crippen LogP contribution in [-0.2, 0) is 6.54 Å². The van der Waals surface area contributed by atoms with Gasteiger partial charge >= 0.3 is 12.0 Å². The van der Waals surface area contributed by atoms with E-state index in [-0.39, 0.29) is 24.2 Å². The summed E-state index contributed by atoms with van der Waals surface area (Å²) < 4.78 is 0. The molecule has 1 unspecified atom stereocenters. The predicted octanol–water partition coefficient (Wildman–Crippen LogP) is 2.16. The molecule has 3 N–H and O–H groups in total. The molecular weight excluding hydrogens is 270 g/mol. The van der Waals surface area contributed by atoms with E-state index in [9.17, 15) is 9.59 Å². The van der Waals surface area contributed by atoms with Gasteiger partial charge in [-0.1, -0.05) is 19.8 Å². The van der Waals surface area contributed by atoms with Crippen molar-refractivity contribution in [2.75, 3.05) is 0 Å². The molecule has 0 aliphatic heterocycles. The standard InChI is InChI=1S/C15H21N3O3/c1-2-12(7-10-3-4-10)18-15(21)17-9-13-8-11(14(19)20)5-6-16-13/h5-6,8,10,12H,2-4,7,9H2,1H3,(H,19,20)(H2,17,18,21). The lowest BCUT2D eigenvalue weighted by molar-refractivity contribution is 0.0696. The van der Waals surface area contributed by atoms with Crippen molar-refractivity contribution < 1.29 is 14.7 Å². The molecule has 1 aromatic rings. The summed E-state index contributed by atoms with van der Waals surface area (Å²) in [6, 6.07) is 2.86. The van der Waals surface area contributed by atoms with E-state index in [0.29, 0.717) is 5.69 Å². The Labute approximate surface area is 124 Å². The van der Waals surface area contributed by atoms with Gasteiger partial charge in [0.2, 0.25) is 0 Å². The molecule has 1 aliphatic carbocycles. The van der Waals surface area contributed by atoms with Crippen LogP contribution < -0.4 is 10.6 Å². The molecule has 6 nitrogen and oxygen atoms in total. The first kappa shape index (κ1) is 15.3. The summed E-state index contributed by atoms with van der Waals surface area (Å²) in [5, 5.41) is 14.6. The second kappa shape index (κ2) is 7.06. The molecule has 2 rings (SSSR count). The number of pyridine rings is 1. The minimum Gasteiger partial charge on any atom is -0.478 e. The molecule has 1 aliphatic rings. The number of rotatable bonds is 7. The summed E-state index contributed by atoms with van der Waals surface area (Å²) in [6.45, 7) is 2.28. The zero-order chi connectivity index (χ0) is 15.2. The van der Waals surface area contributed by atoms with Gasteiger partial charge < -0.3 is 15.7 Å². The van der Waals surface area contributed by atoms with Gasteiger partial charge in [-0.2, -0.15) is 0 Å². The molecule has 0 spiro atoms. The Kier molecular flexibility index (Phi) is 5.14. The molecule has 6 heteroatoms. The predicted molar refractivity (Wildman–Crippen MR) is 78.0 cm³/mol. The fraction of sp³-hybridized carbons (Fsp3) is 0.533. The van der Waals surface area contributed by atoms with Gasteiger partial charge in [0.25, 0.3) is 0 Å². The van der Waals surface area contributed by atoms with Crippen LogP contribution in [0.5, 0.6) is 0 Å². The van der Waals surface area contributed by atoms with Crippen molar-refractivity contribution in [1.29, 1.82) is 0 Å². The summed E-state index contributed by atoms with van der Waals surface area (Å²) in [6.07, 6.45) is 5.92. The Balaban J connectivity index is 1.79. The molecular formula is C15H21N3O3. The summed E-state index contributed by atoms with van der Waals surface area (Å²) in [4.78, 5) is 26.7. The highest BCUT2D eigenvalue weighted by molar-refractivity contribution is 5.87. The quantitative estimate of drug-likeness (QED) is 0.718. The van der Waals surface area contributed by atoms with Gasteiger partial charge in [-0.3, -0.25) is 4.98 Å². The minimum absolute atomic E-state index is 0.169. The van der Waals surface area contributed by atoms with Crippen LogP contribution in [0.1, 0.15) is 48.7 Å². The zero-order valence-corrected chi connectivity index (χ0v) is 12.1. The Morgan fingerprint density at radius 2 is 2.24 bits per heavy atom. The average Bonchev–Trinajstić information content (AvgIpc) is 3.28. The van der Waals surface area contributed by atoms with Gasteiger partial charge in [-0.05, 0) is 30.9 Å². The maximum atomic E-state index is 11.8. The van der Waals surface area contributed by atoms with Crippen molar-refractivity contribution in [3.63, 3.8) is 0 Å². The molecule has 0 saturated heterocycles. The first-order valence-electron chi connectivity index (χ1n) is 7.31. The Hall–Kier alpha value is -2.11. The summed E-state index contributed by atoms with van der Waals surface area (Å²) in [5.74, 6) is -0.234. The van der Waals surface area contributed by atoms with Crippen LogP contribution in [0, 0.1) is 5.92 Å². The smallest absolute Gasteiger partial charge is 0.335 e. The lowest BCUT2D eigenvalue weighted by atomic mass is 10.1.